The predicted molar refractivity (Wildman–Crippen MR) is 53.2 cm³/mol. The maximum Gasteiger partial charge on any atom is 0.120 e. The van der Waals surface area contributed by atoms with E-state index >= 15 is 0 Å². The van der Waals surface area contributed by atoms with Crippen LogP contribution in [0.15, 0.2) is 24.3 Å². The summed E-state index contributed by atoms with van der Waals surface area (Å²) in [6, 6.07) is 7.10. The summed E-state index contributed by atoms with van der Waals surface area (Å²) in [5.74, 6) is 0.676. The standard InChI is InChI=1S/C10H13ClO2/c1-10(2,12)7-13-9-5-3-4-8(11)6-9/h3-6,12H,7H2,1-2H3. The fourth-order valence-corrected chi connectivity index (χ4v) is 0.997. The van der Waals surface area contributed by atoms with Gasteiger partial charge in [-0.15, -0.1) is 0 Å². The van der Waals surface area contributed by atoms with Crippen molar-refractivity contribution in [1.29, 1.82) is 0 Å². The number of rotatable bonds is 3. The van der Waals surface area contributed by atoms with Gasteiger partial charge in [-0.05, 0) is 32.0 Å². The van der Waals surface area contributed by atoms with Gasteiger partial charge in [-0.3, -0.25) is 0 Å². The molecule has 1 rings (SSSR count). The fraction of sp³-hybridized carbons (Fsp3) is 0.400. The molecule has 3 heteroatoms. The van der Waals surface area contributed by atoms with Crippen LogP contribution in [0.3, 0.4) is 0 Å². The van der Waals surface area contributed by atoms with Gasteiger partial charge in [0.05, 0.1) is 5.60 Å². The Hall–Kier alpha value is -0.730. The summed E-state index contributed by atoms with van der Waals surface area (Å²) >= 11 is 5.75. The molecule has 0 aliphatic rings. The van der Waals surface area contributed by atoms with Crippen LogP contribution in [0.1, 0.15) is 13.8 Å². The molecule has 13 heavy (non-hydrogen) atoms. The first-order valence-electron chi connectivity index (χ1n) is 4.08. The molecular weight excluding hydrogens is 188 g/mol. The topological polar surface area (TPSA) is 29.5 Å². The highest BCUT2D eigenvalue weighted by Gasteiger charge is 2.12. The summed E-state index contributed by atoms with van der Waals surface area (Å²) in [4.78, 5) is 0. The van der Waals surface area contributed by atoms with E-state index in [0.29, 0.717) is 10.8 Å². The lowest BCUT2D eigenvalue weighted by Crippen LogP contribution is -2.27. The van der Waals surface area contributed by atoms with Crippen molar-refractivity contribution < 1.29 is 9.84 Å². The largest absolute Gasteiger partial charge is 0.491 e. The van der Waals surface area contributed by atoms with Crippen LogP contribution in [-0.4, -0.2) is 17.3 Å². The van der Waals surface area contributed by atoms with Gasteiger partial charge in [0.2, 0.25) is 0 Å². The molecule has 2 nitrogen and oxygen atoms in total. The number of ether oxygens (including phenoxy) is 1. The molecule has 72 valence electrons. The quantitative estimate of drug-likeness (QED) is 0.813. The maximum atomic E-state index is 9.39. The van der Waals surface area contributed by atoms with E-state index in [1.54, 1.807) is 32.0 Å². The van der Waals surface area contributed by atoms with Crippen LogP contribution in [0.25, 0.3) is 0 Å². The third-order valence-corrected chi connectivity index (χ3v) is 1.62. The van der Waals surface area contributed by atoms with E-state index in [1.165, 1.54) is 0 Å². The van der Waals surface area contributed by atoms with E-state index in [-0.39, 0.29) is 6.61 Å². The highest BCUT2D eigenvalue weighted by atomic mass is 35.5. The zero-order valence-electron chi connectivity index (χ0n) is 7.75. The Kier molecular flexibility index (Phi) is 3.17. The molecule has 0 fully saturated rings. The monoisotopic (exact) mass is 200 g/mol. The molecule has 1 N–H and O–H groups in total. The van der Waals surface area contributed by atoms with Gasteiger partial charge in [0.1, 0.15) is 12.4 Å². The summed E-state index contributed by atoms with van der Waals surface area (Å²) in [6.07, 6.45) is 0. The lowest BCUT2D eigenvalue weighted by molar-refractivity contribution is 0.0285. The zero-order valence-corrected chi connectivity index (χ0v) is 8.51. The average Bonchev–Trinajstić information content (AvgIpc) is 2.00. The Balaban J connectivity index is 2.55. The van der Waals surface area contributed by atoms with Crippen molar-refractivity contribution in [2.24, 2.45) is 0 Å². The molecule has 0 spiro atoms. The molecule has 0 heterocycles. The van der Waals surface area contributed by atoms with Gasteiger partial charge in [0.15, 0.2) is 0 Å². The first-order valence-corrected chi connectivity index (χ1v) is 4.46. The van der Waals surface area contributed by atoms with Crippen molar-refractivity contribution in [1.82, 2.24) is 0 Å². The molecule has 0 aromatic heterocycles. The van der Waals surface area contributed by atoms with Crippen molar-refractivity contribution in [3.63, 3.8) is 0 Å². The van der Waals surface area contributed by atoms with E-state index in [0.717, 1.165) is 0 Å². The van der Waals surface area contributed by atoms with Crippen molar-refractivity contribution in [2.45, 2.75) is 19.4 Å². The second kappa shape index (κ2) is 3.99. The highest BCUT2D eigenvalue weighted by molar-refractivity contribution is 6.30. The molecule has 0 radical (unpaired) electrons. The van der Waals surface area contributed by atoms with Gasteiger partial charge in [-0.25, -0.2) is 0 Å². The first-order chi connectivity index (χ1) is 5.97. The smallest absolute Gasteiger partial charge is 0.120 e. The van der Waals surface area contributed by atoms with E-state index in [4.69, 9.17) is 16.3 Å². The SMILES string of the molecule is CC(C)(O)COc1cccc(Cl)c1. The molecule has 0 saturated carbocycles. The summed E-state index contributed by atoms with van der Waals surface area (Å²) in [6.45, 7) is 3.64. The maximum absolute atomic E-state index is 9.39. The van der Waals surface area contributed by atoms with Crippen LogP contribution < -0.4 is 4.74 Å². The Morgan fingerprint density at radius 1 is 1.46 bits per heavy atom. The Bertz CT molecular complexity index is 278. The molecule has 0 saturated heterocycles. The Labute approximate surface area is 83.1 Å². The summed E-state index contributed by atoms with van der Waals surface area (Å²) in [7, 11) is 0. The molecule has 1 aromatic rings. The minimum Gasteiger partial charge on any atom is -0.491 e. The van der Waals surface area contributed by atoms with Crippen LogP contribution in [-0.2, 0) is 0 Å². The van der Waals surface area contributed by atoms with Gasteiger partial charge in [-0.1, -0.05) is 17.7 Å². The summed E-state index contributed by atoms with van der Waals surface area (Å²) in [5.41, 5.74) is -0.817. The van der Waals surface area contributed by atoms with Crippen LogP contribution in [0, 0.1) is 0 Å². The van der Waals surface area contributed by atoms with Crippen molar-refractivity contribution in [3.05, 3.63) is 29.3 Å². The lowest BCUT2D eigenvalue weighted by Gasteiger charge is -2.17. The van der Waals surface area contributed by atoms with E-state index in [2.05, 4.69) is 0 Å². The molecule has 0 amide bonds. The second-order valence-electron chi connectivity index (χ2n) is 3.56. The minimum atomic E-state index is -0.817. The van der Waals surface area contributed by atoms with Gasteiger partial charge in [-0.2, -0.15) is 0 Å². The van der Waals surface area contributed by atoms with Crippen LogP contribution >= 0.6 is 11.6 Å². The zero-order chi connectivity index (χ0) is 9.90. The third-order valence-electron chi connectivity index (χ3n) is 1.39. The van der Waals surface area contributed by atoms with Crippen LogP contribution in [0.4, 0.5) is 0 Å². The predicted octanol–water partition coefficient (Wildman–Crippen LogP) is 2.49. The molecule has 0 bridgehead atoms. The van der Waals surface area contributed by atoms with Gasteiger partial charge in [0, 0.05) is 5.02 Å². The third kappa shape index (κ3) is 4.15. The minimum absolute atomic E-state index is 0.257. The van der Waals surface area contributed by atoms with Crippen molar-refractivity contribution in [3.8, 4) is 5.75 Å². The van der Waals surface area contributed by atoms with Gasteiger partial charge in [0.25, 0.3) is 0 Å². The first kappa shape index (κ1) is 10.4. The van der Waals surface area contributed by atoms with Crippen LogP contribution in [0.2, 0.25) is 5.02 Å². The van der Waals surface area contributed by atoms with E-state index in [1.807, 2.05) is 6.07 Å². The summed E-state index contributed by atoms with van der Waals surface area (Å²) < 4.78 is 5.32. The molecule has 0 unspecified atom stereocenters. The molecule has 0 aliphatic carbocycles. The Morgan fingerprint density at radius 2 is 2.15 bits per heavy atom. The van der Waals surface area contributed by atoms with E-state index in [9.17, 15) is 5.11 Å². The normalized spacial score (nSPS) is 11.4. The van der Waals surface area contributed by atoms with Gasteiger partial charge < -0.3 is 9.84 Å². The molecular formula is C10H13ClO2. The Morgan fingerprint density at radius 3 is 2.69 bits per heavy atom. The average molecular weight is 201 g/mol. The van der Waals surface area contributed by atoms with Crippen LogP contribution in [0.5, 0.6) is 5.75 Å². The molecule has 0 atom stereocenters. The molecule has 1 aromatic carbocycles. The second-order valence-corrected chi connectivity index (χ2v) is 3.99. The van der Waals surface area contributed by atoms with Crippen molar-refractivity contribution >= 4 is 11.6 Å². The number of aliphatic hydroxyl groups is 1. The highest BCUT2D eigenvalue weighted by Crippen LogP contribution is 2.18. The van der Waals surface area contributed by atoms with E-state index < -0.39 is 5.60 Å². The number of halogens is 1. The van der Waals surface area contributed by atoms with Gasteiger partial charge >= 0.3 is 0 Å². The fourth-order valence-electron chi connectivity index (χ4n) is 0.817. The van der Waals surface area contributed by atoms with Crippen molar-refractivity contribution in [2.75, 3.05) is 6.61 Å². The molecule has 0 aliphatic heterocycles. The number of hydrogen-bond acceptors (Lipinski definition) is 2. The number of benzene rings is 1. The lowest BCUT2D eigenvalue weighted by atomic mass is 10.2. The summed E-state index contributed by atoms with van der Waals surface area (Å²) in [5, 5.41) is 10.0. The number of hydrogen-bond donors (Lipinski definition) is 1.